The van der Waals surface area contributed by atoms with E-state index in [0.717, 1.165) is 24.3 Å². The van der Waals surface area contributed by atoms with Crippen molar-refractivity contribution >= 4 is 10.0 Å². The number of sulfonamides is 1. The Bertz CT molecular complexity index is 532. The van der Waals surface area contributed by atoms with Crippen LogP contribution < -0.4 is 10.5 Å². The Morgan fingerprint density at radius 2 is 1.67 bits per heavy atom. The van der Waals surface area contributed by atoms with Gasteiger partial charge in [-0.1, -0.05) is 38.3 Å². The first-order valence-corrected chi connectivity index (χ1v) is 9.32. The molecule has 21 heavy (non-hydrogen) atoms. The highest BCUT2D eigenvalue weighted by molar-refractivity contribution is 7.89. The summed E-state index contributed by atoms with van der Waals surface area (Å²) in [7, 11) is -3.39. The first-order valence-electron chi connectivity index (χ1n) is 7.83. The zero-order valence-electron chi connectivity index (χ0n) is 12.7. The first-order chi connectivity index (χ1) is 10.0. The van der Waals surface area contributed by atoms with Crippen molar-refractivity contribution < 1.29 is 8.42 Å². The quantitative estimate of drug-likeness (QED) is 0.848. The summed E-state index contributed by atoms with van der Waals surface area (Å²) in [6.07, 6.45) is 5.97. The van der Waals surface area contributed by atoms with Gasteiger partial charge in [0.05, 0.1) is 4.90 Å². The van der Waals surface area contributed by atoms with Crippen LogP contribution >= 0.6 is 0 Å². The van der Waals surface area contributed by atoms with Crippen LogP contribution in [0.2, 0.25) is 0 Å². The van der Waals surface area contributed by atoms with Crippen LogP contribution in [-0.4, -0.2) is 15.0 Å². The van der Waals surface area contributed by atoms with Gasteiger partial charge in [-0.25, -0.2) is 13.1 Å². The third kappa shape index (κ3) is 4.53. The molecule has 118 valence electrons. The Balaban J connectivity index is 1.89. The number of hydrogen-bond acceptors (Lipinski definition) is 3. The van der Waals surface area contributed by atoms with Crippen LogP contribution in [0.25, 0.3) is 0 Å². The summed E-state index contributed by atoms with van der Waals surface area (Å²) >= 11 is 0. The second kappa shape index (κ2) is 7.38. The van der Waals surface area contributed by atoms with Crippen molar-refractivity contribution in [2.24, 2.45) is 17.6 Å². The molecule has 0 atom stereocenters. The van der Waals surface area contributed by atoms with Gasteiger partial charge in [0.15, 0.2) is 0 Å². The minimum atomic E-state index is -3.39. The van der Waals surface area contributed by atoms with Gasteiger partial charge in [0.25, 0.3) is 0 Å². The number of nitrogens with two attached hydrogens (primary N) is 1. The van der Waals surface area contributed by atoms with E-state index in [2.05, 4.69) is 11.6 Å². The minimum absolute atomic E-state index is 0.321. The van der Waals surface area contributed by atoms with Crippen LogP contribution in [0.1, 0.15) is 44.6 Å². The first kappa shape index (κ1) is 16.5. The highest BCUT2D eigenvalue weighted by Crippen LogP contribution is 2.30. The summed E-state index contributed by atoms with van der Waals surface area (Å²) < 4.78 is 27.3. The average molecular weight is 310 g/mol. The highest BCUT2D eigenvalue weighted by Gasteiger charge is 2.22. The topological polar surface area (TPSA) is 72.2 Å². The molecule has 0 radical (unpaired) electrons. The molecule has 1 aliphatic rings. The Hall–Kier alpha value is -0.910. The van der Waals surface area contributed by atoms with Gasteiger partial charge < -0.3 is 5.73 Å². The summed E-state index contributed by atoms with van der Waals surface area (Å²) in [6.45, 7) is 3.21. The molecule has 5 heteroatoms. The number of hydrogen-bond donors (Lipinski definition) is 2. The normalized spacial score (nSPS) is 23.1. The lowest BCUT2D eigenvalue weighted by atomic mass is 9.81. The van der Waals surface area contributed by atoms with Crippen molar-refractivity contribution in [3.8, 4) is 0 Å². The summed E-state index contributed by atoms with van der Waals surface area (Å²) in [5.41, 5.74) is 6.46. The van der Waals surface area contributed by atoms with E-state index in [1.54, 1.807) is 24.3 Å². The van der Waals surface area contributed by atoms with E-state index in [9.17, 15) is 8.42 Å². The van der Waals surface area contributed by atoms with Crippen LogP contribution in [0.4, 0.5) is 0 Å². The Kier molecular flexibility index (Phi) is 5.79. The van der Waals surface area contributed by atoms with Crippen molar-refractivity contribution in [3.63, 3.8) is 0 Å². The van der Waals surface area contributed by atoms with Crippen molar-refractivity contribution in [1.82, 2.24) is 4.72 Å². The summed E-state index contributed by atoms with van der Waals surface area (Å²) in [4.78, 5) is 0.321. The van der Waals surface area contributed by atoms with Gasteiger partial charge in [-0.05, 0) is 42.4 Å². The molecule has 0 amide bonds. The van der Waals surface area contributed by atoms with Gasteiger partial charge in [0.1, 0.15) is 0 Å². The second-order valence-electron chi connectivity index (χ2n) is 5.99. The van der Waals surface area contributed by atoms with E-state index in [-0.39, 0.29) is 0 Å². The number of rotatable bonds is 6. The molecule has 3 N–H and O–H groups in total. The summed E-state index contributed by atoms with van der Waals surface area (Å²) in [6, 6.07) is 6.78. The standard InChI is InChI=1S/C16H26N2O2S/c1-2-13-3-5-15(6-4-13)12-18-21(19,20)16-9-7-14(11-17)8-10-16/h7-10,13,15,18H,2-6,11-12,17H2,1H3. The molecule has 0 aliphatic heterocycles. The molecule has 0 bridgehead atoms. The fraction of sp³-hybridized carbons (Fsp3) is 0.625. The SMILES string of the molecule is CCC1CCC(CNS(=O)(=O)c2ccc(CN)cc2)CC1. The van der Waals surface area contributed by atoms with Crippen LogP contribution in [0.15, 0.2) is 29.2 Å². The molecule has 1 fully saturated rings. The average Bonchev–Trinajstić information content (AvgIpc) is 2.53. The molecule has 0 unspecified atom stereocenters. The molecule has 0 heterocycles. The number of benzene rings is 1. The van der Waals surface area contributed by atoms with Crippen LogP contribution in [-0.2, 0) is 16.6 Å². The van der Waals surface area contributed by atoms with Crippen LogP contribution in [0.5, 0.6) is 0 Å². The predicted octanol–water partition coefficient (Wildman–Crippen LogP) is 2.64. The predicted molar refractivity (Wildman–Crippen MR) is 85.3 cm³/mol. The lowest BCUT2D eigenvalue weighted by Crippen LogP contribution is -2.31. The summed E-state index contributed by atoms with van der Waals surface area (Å²) in [5.74, 6) is 1.31. The maximum absolute atomic E-state index is 12.3. The molecular weight excluding hydrogens is 284 g/mol. The fourth-order valence-electron chi connectivity index (χ4n) is 2.96. The molecular formula is C16H26N2O2S. The minimum Gasteiger partial charge on any atom is -0.326 e. The van der Waals surface area contributed by atoms with Crippen LogP contribution in [0.3, 0.4) is 0 Å². The van der Waals surface area contributed by atoms with E-state index < -0.39 is 10.0 Å². The van der Waals surface area contributed by atoms with Gasteiger partial charge in [-0.2, -0.15) is 0 Å². The molecule has 0 aromatic heterocycles. The molecule has 1 aliphatic carbocycles. The third-order valence-corrected chi connectivity index (χ3v) is 6.01. The Morgan fingerprint density at radius 1 is 1.10 bits per heavy atom. The van der Waals surface area contributed by atoms with E-state index in [4.69, 9.17) is 5.73 Å². The third-order valence-electron chi connectivity index (χ3n) is 4.58. The molecule has 0 spiro atoms. The van der Waals surface area contributed by atoms with Crippen molar-refractivity contribution in [2.75, 3.05) is 6.54 Å². The van der Waals surface area contributed by atoms with Crippen molar-refractivity contribution in [1.29, 1.82) is 0 Å². The van der Waals surface area contributed by atoms with Gasteiger partial charge in [-0.3, -0.25) is 0 Å². The molecule has 1 aromatic rings. The maximum Gasteiger partial charge on any atom is 0.240 e. The van der Waals surface area contributed by atoms with Gasteiger partial charge in [0.2, 0.25) is 10.0 Å². The van der Waals surface area contributed by atoms with E-state index in [1.165, 1.54) is 19.3 Å². The Morgan fingerprint density at radius 3 is 2.19 bits per heavy atom. The van der Waals surface area contributed by atoms with E-state index >= 15 is 0 Å². The Labute approximate surface area is 128 Å². The van der Waals surface area contributed by atoms with Crippen molar-refractivity contribution in [3.05, 3.63) is 29.8 Å². The number of nitrogens with one attached hydrogen (secondary N) is 1. The molecule has 1 aromatic carbocycles. The lowest BCUT2D eigenvalue weighted by Gasteiger charge is -2.27. The smallest absolute Gasteiger partial charge is 0.240 e. The fourth-order valence-corrected chi connectivity index (χ4v) is 4.08. The molecule has 2 rings (SSSR count). The van der Waals surface area contributed by atoms with E-state index in [1.807, 2.05) is 0 Å². The largest absolute Gasteiger partial charge is 0.326 e. The van der Waals surface area contributed by atoms with Gasteiger partial charge in [0, 0.05) is 13.1 Å². The van der Waals surface area contributed by atoms with Crippen molar-refractivity contribution in [2.45, 2.75) is 50.5 Å². The van der Waals surface area contributed by atoms with E-state index in [0.29, 0.717) is 23.9 Å². The molecule has 4 nitrogen and oxygen atoms in total. The summed E-state index contributed by atoms with van der Waals surface area (Å²) in [5, 5.41) is 0. The maximum atomic E-state index is 12.3. The van der Waals surface area contributed by atoms with Crippen LogP contribution in [0, 0.1) is 11.8 Å². The zero-order valence-corrected chi connectivity index (χ0v) is 13.5. The molecule has 1 saturated carbocycles. The monoisotopic (exact) mass is 310 g/mol. The van der Waals surface area contributed by atoms with Gasteiger partial charge >= 0.3 is 0 Å². The second-order valence-corrected chi connectivity index (χ2v) is 7.76. The highest BCUT2D eigenvalue weighted by atomic mass is 32.2. The zero-order chi connectivity index (χ0) is 15.3. The van der Waals surface area contributed by atoms with Gasteiger partial charge in [-0.15, -0.1) is 0 Å². The lowest BCUT2D eigenvalue weighted by molar-refractivity contribution is 0.270. The molecule has 0 saturated heterocycles.